The molecule has 10 heteroatoms. The Kier molecular flexibility index (Phi) is 6.37. The fourth-order valence-electron chi connectivity index (χ4n) is 3.29. The number of hydrogen-bond donors (Lipinski definition) is 1. The summed E-state index contributed by atoms with van der Waals surface area (Å²) in [5.74, 6) is 2.36. The van der Waals surface area contributed by atoms with E-state index in [0.717, 1.165) is 0 Å². The van der Waals surface area contributed by atoms with Crippen molar-refractivity contribution in [1.82, 2.24) is 4.98 Å². The summed E-state index contributed by atoms with van der Waals surface area (Å²) in [5, 5.41) is 2.87. The van der Waals surface area contributed by atoms with Crippen molar-refractivity contribution in [3.8, 4) is 34.5 Å². The lowest BCUT2D eigenvalue weighted by Gasteiger charge is -2.18. The first-order valence-electron chi connectivity index (χ1n) is 10.4. The Morgan fingerprint density at radius 1 is 1.00 bits per heavy atom. The zero-order valence-electron chi connectivity index (χ0n) is 18.9. The second-order valence-corrected chi connectivity index (χ2v) is 9.67. The van der Waals surface area contributed by atoms with Gasteiger partial charge in [0.2, 0.25) is 26.6 Å². The zero-order valence-corrected chi connectivity index (χ0v) is 19.7. The van der Waals surface area contributed by atoms with Gasteiger partial charge in [0.15, 0.2) is 23.0 Å². The maximum absolute atomic E-state index is 13.5. The van der Waals surface area contributed by atoms with E-state index in [0.29, 0.717) is 48.3 Å². The summed E-state index contributed by atoms with van der Waals surface area (Å²) >= 11 is 0. The highest BCUT2D eigenvalue weighted by atomic mass is 32.2. The Morgan fingerprint density at radius 3 is 2.42 bits per heavy atom. The van der Waals surface area contributed by atoms with Gasteiger partial charge in [0, 0.05) is 18.2 Å². The van der Waals surface area contributed by atoms with Crippen LogP contribution in [0, 0.1) is 5.92 Å². The summed E-state index contributed by atoms with van der Waals surface area (Å²) in [6, 6.07) is 9.60. The molecule has 33 heavy (non-hydrogen) atoms. The first-order chi connectivity index (χ1) is 15.8. The van der Waals surface area contributed by atoms with E-state index in [4.69, 9.17) is 23.4 Å². The Labute approximate surface area is 192 Å². The largest absolute Gasteiger partial charge is 0.493 e. The minimum absolute atomic E-state index is 0.0338. The molecule has 0 saturated carbocycles. The maximum Gasteiger partial charge on any atom is 0.233 e. The van der Waals surface area contributed by atoms with Gasteiger partial charge in [0.25, 0.3) is 0 Å². The normalized spacial score (nSPS) is 13.1. The first-order valence-corrected chi connectivity index (χ1v) is 11.9. The Balaban J connectivity index is 1.79. The summed E-state index contributed by atoms with van der Waals surface area (Å²) in [5.41, 5.74) is 0.545. The van der Waals surface area contributed by atoms with Crippen LogP contribution in [0.2, 0.25) is 0 Å². The second kappa shape index (κ2) is 9.22. The fourth-order valence-corrected chi connectivity index (χ4v) is 4.59. The van der Waals surface area contributed by atoms with Crippen LogP contribution in [0.4, 0.5) is 5.88 Å². The number of sulfone groups is 1. The van der Waals surface area contributed by atoms with Crippen LogP contribution in [0.15, 0.2) is 50.7 Å². The van der Waals surface area contributed by atoms with Gasteiger partial charge in [-0.3, -0.25) is 0 Å². The van der Waals surface area contributed by atoms with Gasteiger partial charge in [0.05, 0.1) is 19.1 Å². The van der Waals surface area contributed by atoms with Gasteiger partial charge >= 0.3 is 0 Å². The smallest absolute Gasteiger partial charge is 0.233 e. The molecule has 2 aromatic carbocycles. The lowest BCUT2D eigenvalue weighted by atomic mass is 10.2. The van der Waals surface area contributed by atoms with Gasteiger partial charge in [-0.05, 0) is 36.2 Å². The molecule has 0 radical (unpaired) electrons. The molecule has 4 rings (SSSR count). The van der Waals surface area contributed by atoms with Crippen LogP contribution in [0.25, 0.3) is 11.5 Å². The van der Waals surface area contributed by atoms with Crippen molar-refractivity contribution in [2.45, 2.75) is 23.8 Å². The molecule has 9 nitrogen and oxygen atoms in total. The summed E-state index contributed by atoms with van der Waals surface area (Å²) in [6.45, 7) is 5.29. The van der Waals surface area contributed by atoms with Crippen molar-refractivity contribution in [2.24, 2.45) is 5.92 Å². The SMILES string of the molecule is COc1ccc(-c2nc(S(=O)(=O)c3ccc4c(c3)OCCO4)c(NCC(C)C)o2)cc1OC. The summed E-state index contributed by atoms with van der Waals surface area (Å²) in [4.78, 5) is 4.40. The molecule has 1 aromatic heterocycles. The first kappa shape index (κ1) is 22.8. The standard InChI is InChI=1S/C23H26N2O7S/c1-14(2)13-24-22-23(25-21(32-22)15-5-7-17(28-3)19(11-15)29-4)33(26,27)16-6-8-18-20(12-16)31-10-9-30-18/h5-8,11-12,14,24H,9-10,13H2,1-4H3. The number of benzene rings is 2. The van der Waals surface area contributed by atoms with Gasteiger partial charge < -0.3 is 28.7 Å². The lowest BCUT2D eigenvalue weighted by Crippen LogP contribution is -2.16. The van der Waals surface area contributed by atoms with Crippen LogP contribution in [0.3, 0.4) is 0 Å². The molecule has 0 saturated heterocycles. The number of methoxy groups -OCH3 is 2. The number of ether oxygens (including phenoxy) is 4. The van der Waals surface area contributed by atoms with Gasteiger partial charge in [-0.1, -0.05) is 13.8 Å². The van der Waals surface area contributed by atoms with Crippen molar-refractivity contribution < 1.29 is 31.8 Å². The topological polar surface area (TPSA) is 109 Å². The number of nitrogens with one attached hydrogen (secondary N) is 1. The van der Waals surface area contributed by atoms with Crippen LogP contribution in [-0.4, -0.2) is 47.4 Å². The van der Waals surface area contributed by atoms with Gasteiger partial charge in [-0.15, -0.1) is 0 Å². The van der Waals surface area contributed by atoms with Crippen molar-refractivity contribution in [3.63, 3.8) is 0 Å². The third-order valence-corrected chi connectivity index (χ3v) is 6.64. The lowest BCUT2D eigenvalue weighted by molar-refractivity contribution is 0.171. The number of hydrogen-bond acceptors (Lipinski definition) is 9. The van der Waals surface area contributed by atoms with Gasteiger partial charge in [-0.2, -0.15) is 4.98 Å². The van der Waals surface area contributed by atoms with Crippen LogP contribution in [0.1, 0.15) is 13.8 Å². The third-order valence-electron chi connectivity index (χ3n) is 4.98. The number of fused-ring (bicyclic) bond motifs is 1. The molecule has 0 atom stereocenters. The number of rotatable bonds is 8. The molecular weight excluding hydrogens is 448 g/mol. The predicted octanol–water partition coefficient (Wildman–Crippen LogP) is 4.03. The van der Waals surface area contributed by atoms with E-state index in [1.165, 1.54) is 26.4 Å². The van der Waals surface area contributed by atoms with E-state index in [9.17, 15) is 8.42 Å². The zero-order chi connectivity index (χ0) is 23.6. The Morgan fingerprint density at radius 2 is 1.73 bits per heavy atom. The van der Waals surface area contributed by atoms with E-state index in [1.54, 1.807) is 24.3 Å². The molecule has 2 heterocycles. The van der Waals surface area contributed by atoms with Crippen LogP contribution in [-0.2, 0) is 9.84 Å². The average molecular weight is 475 g/mol. The van der Waals surface area contributed by atoms with E-state index in [2.05, 4.69) is 10.3 Å². The molecule has 1 aliphatic heterocycles. The van der Waals surface area contributed by atoms with E-state index >= 15 is 0 Å². The molecule has 0 fully saturated rings. The van der Waals surface area contributed by atoms with Crippen molar-refractivity contribution in [1.29, 1.82) is 0 Å². The van der Waals surface area contributed by atoms with Crippen LogP contribution < -0.4 is 24.3 Å². The Hall–Kier alpha value is -3.40. The fraction of sp³-hybridized carbons (Fsp3) is 0.348. The van der Waals surface area contributed by atoms with Gasteiger partial charge in [-0.25, -0.2) is 8.42 Å². The molecule has 0 bridgehead atoms. The molecule has 1 N–H and O–H groups in total. The molecule has 1 aliphatic rings. The van der Waals surface area contributed by atoms with E-state index in [1.807, 2.05) is 13.8 Å². The minimum Gasteiger partial charge on any atom is -0.493 e. The van der Waals surface area contributed by atoms with Crippen molar-refractivity contribution >= 4 is 15.7 Å². The number of aromatic nitrogens is 1. The van der Waals surface area contributed by atoms with E-state index in [-0.39, 0.29) is 27.6 Å². The predicted molar refractivity (Wildman–Crippen MR) is 121 cm³/mol. The number of anilines is 1. The highest BCUT2D eigenvalue weighted by Gasteiger charge is 2.30. The average Bonchev–Trinajstić information content (AvgIpc) is 3.27. The van der Waals surface area contributed by atoms with Crippen molar-refractivity contribution in [2.75, 3.05) is 39.3 Å². The second-order valence-electron chi connectivity index (χ2n) is 7.81. The third kappa shape index (κ3) is 4.56. The van der Waals surface area contributed by atoms with Crippen molar-refractivity contribution in [3.05, 3.63) is 36.4 Å². The summed E-state index contributed by atoms with van der Waals surface area (Å²) < 4.78 is 54.7. The Bertz CT molecular complexity index is 1250. The monoisotopic (exact) mass is 474 g/mol. The molecule has 0 spiro atoms. The number of nitrogens with zero attached hydrogens (tertiary/aromatic N) is 1. The van der Waals surface area contributed by atoms with Crippen LogP contribution >= 0.6 is 0 Å². The quantitative estimate of drug-likeness (QED) is 0.517. The molecule has 3 aromatic rings. The summed E-state index contributed by atoms with van der Waals surface area (Å²) in [6.07, 6.45) is 0. The minimum atomic E-state index is -4.03. The molecule has 0 aliphatic carbocycles. The van der Waals surface area contributed by atoms with Gasteiger partial charge in [0.1, 0.15) is 13.2 Å². The van der Waals surface area contributed by atoms with Crippen LogP contribution in [0.5, 0.6) is 23.0 Å². The maximum atomic E-state index is 13.5. The number of oxazole rings is 1. The molecule has 0 amide bonds. The molecular formula is C23H26N2O7S. The molecule has 176 valence electrons. The highest BCUT2D eigenvalue weighted by molar-refractivity contribution is 7.91. The highest BCUT2D eigenvalue weighted by Crippen LogP contribution is 2.38. The van der Waals surface area contributed by atoms with E-state index < -0.39 is 9.84 Å². The molecule has 0 unspecified atom stereocenters. The summed E-state index contributed by atoms with van der Waals surface area (Å²) in [7, 11) is -0.971.